The number of nitrogens with zero attached hydrogens (tertiary/aromatic N) is 2. The molecule has 2 aromatic rings. The summed E-state index contributed by atoms with van der Waals surface area (Å²) >= 11 is 5.98. The summed E-state index contributed by atoms with van der Waals surface area (Å²) in [7, 11) is 0. The van der Waals surface area contributed by atoms with E-state index in [2.05, 4.69) is 30.6 Å². The maximum Gasteiger partial charge on any atom is 0.278 e. The third-order valence-electron chi connectivity index (χ3n) is 4.88. The highest BCUT2D eigenvalue weighted by Crippen LogP contribution is 2.31. The maximum absolute atomic E-state index is 12.9. The molecule has 0 saturated carbocycles. The summed E-state index contributed by atoms with van der Waals surface area (Å²) in [5.41, 5.74) is 3.08. The summed E-state index contributed by atoms with van der Waals surface area (Å²) in [6.45, 7) is 9.84. The van der Waals surface area contributed by atoms with E-state index >= 15 is 0 Å². The predicted octanol–water partition coefficient (Wildman–Crippen LogP) is 4.56. The van der Waals surface area contributed by atoms with Gasteiger partial charge < -0.3 is 10.2 Å². The summed E-state index contributed by atoms with van der Waals surface area (Å²) in [5, 5.41) is 3.72. The first-order valence-electron chi connectivity index (χ1n) is 9.59. The second-order valence-corrected chi connectivity index (χ2v) is 7.05. The average Bonchev–Trinajstić information content (AvgIpc) is 2.95. The zero-order valence-electron chi connectivity index (χ0n) is 16.6. The molecule has 5 nitrogen and oxygen atoms in total. The van der Waals surface area contributed by atoms with Crippen LogP contribution in [0.2, 0.25) is 5.02 Å². The van der Waals surface area contributed by atoms with Crippen molar-refractivity contribution in [2.75, 3.05) is 29.9 Å². The van der Waals surface area contributed by atoms with Crippen molar-refractivity contribution in [2.24, 2.45) is 0 Å². The fourth-order valence-electron chi connectivity index (χ4n) is 3.36. The average molecular weight is 410 g/mol. The van der Waals surface area contributed by atoms with Crippen LogP contribution in [0.1, 0.15) is 19.4 Å². The van der Waals surface area contributed by atoms with Crippen LogP contribution in [0.4, 0.5) is 11.4 Å². The highest BCUT2D eigenvalue weighted by molar-refractivity contribution is 6.37. The molecule has 0 unspecified atom stereocenters. The third-order valence-corrected chi connectivity index (χ3v) is 5.13. The van der Waals surface area contributed by atoms with Crippen LogP contribution in [0.15, 0.2) is 66.9 Å². The van der Waals surface area contributed by atoms with E-state index in [0.29, 0.717) is 16.2 Å². The van der Waals surface area contributed by atoms with Gasteiger partial charge in [-0.25, -0.2) is 0 Å². The molecule has 1 N–H and O–H groups in total. The van der Waals surface area contributed by atoms with Gasteiger partial charge in [0, 0.05) is 36.0 Å². The molecule has 6 heteroatoms. The molecule has 0 radical (unpaired) electrons. The smallest absolute Gasteiger partial charge is 0.278 e. The van der Waals surface area contributed by atoms with Gasteiger partial charge in [-0.15, -0.1) is 6.58 Å². The Morgan fingerprint density at radius 1 is 1.00 bits per heavy atom. The van der Waals surface area contributed by atoms with Crippen molar-refractivity contribution in [3.8, 4) is 0 Å². The minimum atomic E-state index is -0.368. The predicted molar refractivity (Wildman–Crippen MR) is 119 cm³/mol. The van der Waals surface area contributed by atoms with Crippen LogP contribution in [-0.4, -0.2) is 36.3 Å². The lowest BCUT2D eigenvalue weighted by Gasteiger charge is -2.21. The van der Waals surface area contributed by atoms with Gasteiger partial charge in [-0.05, 0) is 55.8 Å². The largest absolute Gasteiger partial charge is 0.372 e. The molecule has 0 fully saturated rings. The first kappa shape index (κ1) is 20.7. The number of rotatable bonds is 8. The zero-order chi connectivity index (χ0) is 21.0. The van der Waals surface area contributed by atoms with Gasteiger partial charge in [0.05, 0.1) is 5.57 Å². The monoisotopic (exact) mass is 409 g/mol. The summed E-state index contributed by atoms with van der Waals surface area (Å²) in [4.78, 5) is 29.3. The van der Waals surface area contributed by atoms with Crippen molar-refractivity contribution in [3.63, 3.8) is 0 Å². The Morgan fingerprint density at radius 2 is 1.62 bits per heavy atom. The van der Waals surface area contributed by atoms with Crippen molar-refractivity contribution in [1.82, 2.24) is 4.90 Å². The SMILES string of the molecule is C=CCN1C(=O)C(Nc2ccc(N(CC)CC)cc2)=C(c2ccc(Cl)cc2)C1=O. The molecule has 1 aliphatic heterocycles. The number of amides is 2. The lowest BCUT2D eigenvalue weighted by atomic mass is 10.0. The summed E-state index contributed by atoms with van der Waals surface area (Å²) < 4.78 is 0. The molecule has 0 saturated heterocycles. The van der Waals surface area contributed by atoms with Gasteiger partial charge in [-0.3, -0.25) is 14.5 Å². The van der Waals surface area contributed by atoms with E-state index in [1.54, 1.807) is 24.3 Å². The van der Waals surface area contributed by atoms with E-state index < -0.39 is 0 Å². The van der Waals surface area contributed by atoms with E-state index in [1.807, 2.05) is 24.3 Å². The van der Waals surface area contributed by atoms with Crippen LogP contribution in [0.3, 0.4) is 0 Å². The van der Waals surface area contributed by atoms with E-state index in [1.165, 1.54) is 11.0 Å². The van der Waals surface area contributed by atoms with Crippen LogP contribution in [0.25, 0.3) is 5.57 Å². The first-order chi connectivity index (χ1) is 14.0. The number of hydrogen-bond donors (Lipinski definition) is 1. The molecule has 0 bridgehead atoms. The number of benzene rings is 2. The van der Waals surface area contributed by atoms with Gasteiger partial charge in [0.25, 0.3) is 11.8 Å². The topological polar surface area (TPSA) is 52.7 Å². The van der Waals surface area contributed by atoms with Crippen LogP contribution in [0.5, 0.6) is 0 Å². The lowest BCUT2D eigenvalue weighted by molar-refractivity contribution is -0.136. The number of imide groups is 1. The minimum absolute atomic E-state index is 0.154. The summed E-state index contributed by atoms with van der Waals surface area (Å²) in [6.07, 6.45) is 1.54. The Labute approximate surface area is 176 Å². The molecule has 0 aromatic heterocycles. The standard InChI is InChI=1S/C23H24ClN3O2/c1-4-15-27-22(28)20(16-7-9-17(24)10-8-16)21(23(27)29)25-18-11-13-19(14-12-18)26(5-2)6-3/h4,7-14,25H,1,5-6,15H2,2-3H3. The van der Waals surface area contributed by atoms with Crippen molar-refractivity contribution in [2.45, 2.75) is 13.8 Å². The quantitative estimate of drug-likeness (QED) is 0.512. The second kappa shape index (κ2) is 8.97. The van der Waals surface area contributed by atoms with Crippen molar-refractivity contribution < 1.29 is 9.59 Å². The van der Waals surface area contributed by atoms with Crippen molar-refractivity contribution in [1.29, 1.82) is 0 Å². The molecule has 0 aliphatic carbocycles. The van der Waals surface area contributed by atoms with Crippen molar-refractivity contribution >= 4 is 40.4 Å². The van der Waals surface area contributed by atoms with Crippen molar-refractivity contribution in [3.05, 3.63) is 77.5 Å². The Morgan fingerprint density at radius 3 is 2.17 bits per heavy atom. The number of hydrogen-bond acceptors (Lipinski definition) is 4. The van der Waals surface area contributed by atoms with Crippen LogP contribution in [0, 0.1) is 0 Å². The van der Waals surface area contributed by atoms with Crippen LogP contribution in [-0.2, 0) is 9.59 Å². The molecule has 0 atom stereocenters. The second-order valence-electron chi connectivity index (χ2n) is 6.61. The third kappa shape index (κ3) is 4.20. The lowest BCUT2D eigenvalue weighted by Crippen LogP contribution is -2.32. The van der Waals surface area contributed by atoms with Gasteiger partial charge in [0.15, 0.2) is 0 Å². The Balaban J connectivity index is 1.98. The van der Waals surface area contributed by atoms with E-state index in [-0.39, 0.29) is 24.1 Å². The van der Waals surface area contributed by atoms with Gasteiger partial charge in [-0.1, -0.05) is 29.8 Å². The fourth-order valence-corrected chi connectivity index (χ4v) is 3.49. The molecule has 2 aromatic carbocycles. The number of halogens is 1. The Hall–Kier alpha value is -3.05. The van der Waals surface area contributed by atoms with Gasteiger partial charge >= 0.3 is 0 Å². The number of carbonyl (C=O) groups excluding carboxylic acids is 2. The van der Waals surface area contributed by atoms with E-state index in [0.717, 1.165) is 24.5 Å². The van der Waals surface area contributed by atoms with Gasteiger partial charge in [0.2, 0.25) is 0 Å². The zero-order valence-corrected chi connectivity index (χ0v) is 17.4. The minimum Gasteiger partial charge on any atom is -0.372 e. The number of carbonyl (C=O) groups is 2. The maximum atomic E-state index is 12.9. The van der Waals surface area contributed by atoms with E-state index in [4.69, 9.17) is 11.6 Å². The molecule has 3 rings (SSSR count). The molecule has 1 heterocycles. The van der Waals surface area contributed by atoms with Crippen LogP contribution >= 0.6 is 11.6 Å². The van der Waals surface area contributed by atoms with Gasteiger partial charge in [-0.2, -0.15) is 0 Å². The highest BCUT2D eigenvalue weighted by Gasteiger charge is 2.38. The Bertz CT molecular complexity index is 945. The number of nitrogens with one attached hydrogen (secondary N) is 1. The number of anilines is 2. The molecular formula is C23H24ClN3O2. The molecular weight excluding hydrogens is 386 g/mol. The molecule has 0 spiro atoms. The summed E-state index contributed by atoms with van der Waals surface area (Å²) in [6, 6.07) is 14.7. The molecule has 29 heavy (non-hydrogen) atoms. The van der Waals surface area contributed by atoms with Gasteiger partial charge in [0.1, 0.15) is 5.70 Å². The molecule has 150 valence electrons. The highest BCUT2D eigenvalue weighted by atomic mass is 35.5. The summed E-state index contributed by atoms with van der Waals surface area (Å²) in [5.74, 6) is -0.716. The Kier molecular flexibility index (Phi) is 6.39. The fraction of sp³-hybridized carbons (Fsp3) is 0.217. The normalized spacial score (nSPS) is 13.8. The molecule has 2 amide bonds. The first-order valence-corrected chi connectivity index (χ1v) is 9.97. The molecule has 1 aliphatic rings. The van der Waals surface area contributed by atoms with E-state index in [9.17, 15) is 9.59 Å². The van der Waals surface area contributed by atoms with Crippen LogP contribution < -0.4 is 10.2 Å².